The van der Waals surface area contributed by atoms with E-state index in [-0.39, 0.29) is 3.79 Å². The van der Waals surface area contributed by atoms with Crippen LogP contribution >= 0.6 is 22.6 Å². The highest BCUT2D eigenvalue weighted by molar-refractivity contribution is 14.1. The minimum absolute atomic E-state index is 0.0288. The predicted octanol–water partition coefficient (Wildman–Crippen LogP) is 3.74. The van der Waals surface area contributed by atoms with Gasteiger partial charge in [-0.1, -0.05) is 42.5 Å². The third kappa shape index (κ3) is 2.44. The summed E-state index contributed by atoms with van der Waals surface area (Å²) in [5, 5.41) is 0. The second-order valence-corrected chi connectivity index (χ2v) is 4.50. The Labute approximate surface area is 113 Å². The lowest BCUT2D eigenvalue weighted by atomic mass is 9.96. The number of hydrogen-bond donors (Lipinski definition) is 0. The van der Waals surface area contributed by atoms with Gasteiger partial charge in [0.1, 0.15) is 0 Å². The van der Waals surface area contributed by atoms with Crippen LogP contribution in [0.25, 0.3) is 11.1 Å². The first-order valence-electron chi connectivity index (χ1n) is 5.07. The summed E-state index contributed by atoms with van der Waals surface area (Å²) in [4.78, 5) is 22.5. The van der Waals surface area contributed by atoms with E-state index in [0.717, 1.165) is 17.4 Å². The van der Waals surface area contributed by atoms with E-state index < -0.39 is 0 Å². The molecule has 0 N–H and O–H groups in total. The zero-order valence-electron chi connectivity index (χ0n) is 8.89. The van der Waals surface area contributed by atoms with E-state index in [2.05, 4.69) is 0 Å². The molecule has 0 aliphatic rings. The fourth-order valence-corrected chi connectivity index (χ4v) is 2.20. The zero-order valence-corrected chi connectivity index (χ0v) is 11.0. The molecule has 0 amide bonds. The molecule has 0 aliphatic heterocycles. The number of rotatable bonds is 3. The molecule has 0 heterocycles. The first-order valence-corrected chi connectivity index (χ1v) is 6.15. The van der Waals surface area contributed by atoms with Gasteiger partial charge in [0.25, 0.3) is 0 Å². The molecule has 0 saturated heterocycles. The van der Waals surface area contributed by atoms with Crippen LogP contribution in [0.4, 0.5) is 0 Å². The first kappa shape index (κ1) is 12.0. The quantitative estimate of drug-likeness (QED) is 0.486. The lowest BCUT2D eigenvalue weighted by Gasteiger charge is -2.08. The summed E-state index contributed by atoms with van der Waals surface area (Å²) in [6, 6.07) is 14.6. The second-order valence-electron chi connectivity index (χ2n) is 3.52. The predicted molar refractivity (Wildman–Crippen MR) is 75.6 cm³/mol. The molecule has 2 aromatic rings. The van der Waals surface area contributed by atoms with Crippen molar-refractivity contribution in [1.82, 2.24) is 0 Å². The molecule has 0 aliphatic carbocycles. The molecule has 0 radical (unpaired) electrons. The number of halogens is 1. The van der Waals surface area contributed by atoms with Crippen molar-refractivity contribution in [3.8, 4) is 11.1 Å². The summed E-state index contributed by atoms with van der Waals surface area (Å²) in [6.45, 7) is 0. The zero-order chi connectivity index (χ0) is 12.3. The Bertz CT molecular complexity index is 576. The van der Waals surface area contributed by atoms with Gasteiger partial charge in [-0.05, 0) is 17.2 Å². The van der Waals surface area contributed by atoms with Crippen LogP contribution in [0, 0.1) is 0 Å². The van der Waals surface area contributed by atoms with E-state index in [1.54, 1.807) is 34.7 Å². The maximum atomic E-state index is 11.5. The maximum Gasteiger partial charge on any atom is 0.223 e. The van der Waals surface area contributed by atoms with Gasteiger partial charge in [-0.15, -0.1) is 0 Å². The number of aldehydes is 1. The third-order valence-corrected chi connectivity index (χ3v) is 3.10. The third-order valence-electron chi connectivity index (χ3n) is 2.52. The molecule has 0 saturated carbocycles. The second kappa shape index (κ2) is 5.23. The molecular weight excluding hydrogens is 327 g/mol. The van der Waals surface area contributed by atoms with Crippen LogP contribution in [-0.2, 0) is 0 Å². The molecule has 2 nitrogen and oxygen atoms in total. The lowest BCUT2D eigenvalue weighted by Crippen LogP contribution is -1.95. The number of carbonyl (C=O) groups excluding carboxylic acids is 2. The van der Waals surface area contributed by atoms with E-state index in [4.69, 9.17) is 0 Å². The molecule has 0 fully saturated rings. The van der Waals surface area contributed by atoms with Crippen LogP contribution in [0.15, 0.2) is 48.5 Å². The van der Waals surface area contributed by atoms with Crippen LogP contribution in [0.3, 0.4) is 0 Å². The Morgan fingerprint density at radius 2 is 1.53 bits per heavy atom. The average molecular weight is 336 g/mol. The number of carbonyl (C=O) groups is 2. The molecule has 0 atom stereocenters. The standard InChI is InChI=1S/C14H9IO2/c15-14(17)13-8-4-3-7-12(13)11-6-2-1-5-10(11)9-16/h1-9H. The van der Waals surface area contributed by atoms with Gasteiger partial charge in [-0.2, -0.15) is 0 Å². The summed E-state index contributed by atoms with van der Waals surface area (Å²) >= 11 is 1.76. The van der Waals surface area contributed by atoms with Crippen molar-refractivity contribution in [3.05, 3.63) is 59.7 Å². The SMILES string of the molecule is O=Cc1ccccc1-c1ccccc1C(=O)I. The summed E-state index contributed by atoms with van der Waals surface area (Å²) in [5.74, 6) is 0. The largest absolute Gasteiger partial charge is 0.298 e. The van der Waals surface area contributed by atoms with Crippen molar-refractivity contribution >= 4 is 32.7 Å². The Morgan fingerprint density at radius 1 is 0.941 bits per heavy atom. The van der Waals surface area contributed by atoms with Crippen LogP contribution in [0.2, 0.25) is 0 Å². The highest BCUT2D eigenvalue weighted by Gasteiger charge is 2.11. The van der Waals surface area contributed by atoms with Gasteiger partial charge in [-0.25, -0.2) is 0 Å². The van der Waals surface area contributed by atoms with E-state index in [1.807, 2.05) is 36.4 Å². The highest BCUT2D eigenvalue weighted by atomic mass is 127. The Morgan fingerprint density at radius 3 is 2.18 bits per heavy atom. The van der Waals surface area contributed by atoms with Gasteiger partial charge in [0.05, 0.1) is 0 Å². The minimum Gasteiger partial charge on any atom is -0.298 e. The molecule has 0 unspecified atom stereocenters. The van der Waals surface area contributed by atoms with Crippen molar-refractivity contribution < 1.29 is 9.59 Å². The van der Waals surface area contributed by atoms with Crippen molar-refractivity contribution in [2.75, 3.05) is 0 Å². The minimum atomic E-state index is -0.0288. The van der Waals surface area contributed by atoms with E-state index >= 15 is 0 Å². The monoisotopic (exact) mass is 336 g/mol. The maximum absolute atomic E-state index is 11.5. The molecule has 0 aromatic heterocycles. The fourth-order valence-electron chi connectivity index (χ4n) is 1.73. The lowest BCUT2D eigenvalue weighted by molar-refractivity contribution is 0.110. The van der Waals surface area contributed by atoms with Crippen LogP contribution in [-0.4, -0.2) is 10.1 Å². The molecule has 0 bridgehead atoms. The summed E-state index contributed by atoms with van der Waals surface area (Å²) in [5.41, 5.74) is 2.82. The summed E-state index contributed by atoms with van der Waals surface area (Å²) < 4.78 is -0.0288. The van der Waals surface area contributed by atoms with Crippen molar-refractivity contribution in [2.24, 2.45) is 0 Å². The molecule has 84 valence electrons. The normalized spacial score (nSPS) is 9.94. The number of benzene rings is 2. The Balaban J connectivity index is 2.68. The first-order chi connectivity index (χ1) is 8.24. The molecule has 17 heavy (non-hydrogen) atoms. The van der Waals surface area contributed by atoms with Crippen LogP contribution in [0.5, 0.6) is 0 Å². The smallest absolute Gasteiger partial charge is 0.223 e. The fraction of sp³-hybridized carbons (Fsp3) is 0. The molecule has 0 spiro atoms. The molecule has 3 heteroatoms. The number of hydrogen-bond acceptors (Lipinski definition) is 2. The Hall–Kier alpha value is -1.49. The van der Waals surface area contributed by atoms with Crippen molar-refractivity contribution in [1.29, 1.82) is 0 Å². The van der Waals surface area contributed by atoms with Gasteiger partial charge in [0, 0.05) is 33.7 Å². The van der Waals surface area contributed by atoms with E-state index in [1.165, 1.54) is 0 Å². The van der Waals surface area contributed by atoms with Crippen LogP contribution in [0.1, 0.15) is 20.7 Å². The summed E-state index contributed by atoms with van der Waals surface area (Å²) in [6.07, 6.45) is 0.809. The van der Waals surface area contributed by atoms with Crippen molar-refractivity contribution in [2.45, 2.75) is 0 Å². The van der Waals surface area contributed by atoms with Crippen molar-refractivity contribution in [3.63, 3.8) is 0 Å². The average Bonchev–Trinajstić information content (AvgIpc) is 2.38. The highest BCUT2D eigenvalue weighted by Crippen LogP contribution is 2.27. The van der Waals surface area contributed by atoms with Gasteiger partial charge in [-0.3, -0.25) is 9.59 Å². The van der Waals surface area contributed by atoms with Gasteiger partial charge < -0.3 is 0 Å². The molecule has 2 aromatic carbocycles. The summed E-state index contributed by atoms with van der Waals surface area (Å²) in [7, 11) is 0. The van der Waals surface area contributed by atoms with Gasteiger partial charge in [0.2, 0.25) is 3.79 Å². The molecular formula is C14H9IO2. The van der Waals surface area contributed by atoms with Gasteiger partial charge in [0.15, 0.2) is 6.29 Å². The topological polar surface area (TPSA) is 34.1 Å². The Kier molecular flexibility index (Phi) is 3.68. The molecule has 2 rings (SSSR count). The van der Waals surface area contributed by atoms with E-state index in [0.29, 0.717) is 11.1 Å². The van der Waals surface area contributed by atoms with E-state index in [9.17, 15) is 9.59 Å². The van der Waals surface area contributed by atoms with Gasteiger partial charge >= 0.3 is 0 Å². The van der Waals surface area contributed by atoms with Crippen LogP contribution < -0.4 is 0 Å².